The van der Waals surface area contributed by atoms with Crippen LogP contribution in [0.15, 0.2) is 59.0 Å². The van der Waals surface area contributed by atoms with Gasteiger partial charge in [-0.25, -0.2) is 12.7 Å². The van der Waals surface area contributed by atoms with Crippen LogP contribution in [0.25, 0.3) is 5.76 Å². The molecule has 11 heteroatoms. The summed E-state index contributed by atoms with van der Waals surface area (Å²) in [6, 6.07) is 12.4. The van der Waals surface area contributed by atoms with Crippen molar-refractivity contribution in [3.63, 3.8) is 0 Å². The van der Waals surface area contributed by atoms with Gasteiger partial charge >= 0.3 is 0 Å². The molecule has 1 spiro atoms. The number of nitrogens with zero attached hydrogens (tertiary/aromatic N) is 4. The van der Waals surface area contributed by atoms with Gasteiger partial charge in [0.15, 0.2) is 5.54 Å². The molecule has 0 saturated carbocycles. The van der Waals surface area contributed by atoms with Gasteiger partial charge in [0.25, 0.3) is 17.6 Å². The molecule has 0 unspecified atom stereocenters. The Labute approximate surface area is 222 Å². The summed E-state index contributed by atoms with van der Waals surface area (Å²) in [5.74, 6) is -2.99. The van der Waals surface area contributed by atoms with Crippen LogP contribution in [0, 0.1) is 0 Å². The van der Waals surface area contributed by atoms with Gasteiger partial charge in [0.1, 0.15) is 5.76 Å². The number of carbonyl (C=O) groups is 3. The number of aliphatic hydroxyl groups is 1. The monoisotopic (exact) mass is 540 g/mol. The molecule has 0 radical (unpaired) electrons. The van der Waals surface area contributed by atoms with Crippen LogP contribution in [0.2, 0.25) is 0 Å². The van der Waals surface area contributed by atoms with Crippen molar-refractivity contribution in [2.24, 2.45) is 0 Å². The highest BCUT2D eigenvalue weighted by molar-refractivity contribution is 7.89. The van der Waals surface area contributed by atoms with Gasteiger partial charge in [-0.2, -0.15) is 0 Å². The van der Waals surface area contributed by atoms with E-state index in [1.807, 2.05) is 19.0 Å². The van der Waals surface area contributed by atoms with E-state index in [1.54, 1.807) is 31.2 Å². The molecule has 38 heavy (non-hydrogen) atoms. The predicted molar refractivity (Wildman–Crippen MR) is 143 cm³/mol. The molecule has 1 N–H and O–H groups in total. The first kappa shape index (κ1) is 27.5. The highest BCUT2D eigenvalue weighted by Gasteiger charge is 2.66. The zero-order valence-electron chi connectivity index (χ0n) is 22.1. The summed E-state index contributed by atoms with van der Waals surface area (Å²) in [7, 11) is 2.68. The summed E-state index contributed by atoms with van der Waals surface area (Å²) >= 11 is 0. The van der Waals surface area contributed by atoms with E-state index in [2.05, 4.69) is 0 Å². The van der Waals surface area contributed by atoms with Crippen molar-refractivity contribution < 1.29 is 27.9 Å². The molecule has 0 aliphatic carbocycles. The predicted octanol–water partition coefficient (Wildman–Crippen LogP) is 1.83. The van der Waals surface area contributed by atoms with Crippen LogP contribution in [0.1, 0.15) is 24.5 Å². The molecule has 1 atom stereocenters. The summed E-state index contributed by atoms with van der Waals surface area (Å²) in [5.41, 5.74) is -1.24. The van der Waals surface area contributed by atoms with E-state index in [4.69, 9.17) is 0 Å². The summed E-state index contributed by atoms with van der Waals surface area (Å²) < 4.78 is 26.5. The lowest BCUT2D eigenvalue weighted by molar-refractivity contribution is -0.143. The third-order valence-electron chi connectivity index (χ3n) is 7.00. The first-order chi connectivity index (χ1) is 17.9. The fraction of sp³-hybridized carbons (Fsp3) is 0.370. The van der Waals surface area contributed by atoms with Crippen molar-refractivity contribution in [1.82, 2.24) is 14.1 Å². The molecule has 1 fully saturated rings. The number of amides is 2. The molecule has 2 aliphatic rings. The van der Waals surface area contributed by atoms with E-state index in [9.17, 15) is 27.9 Å². The second-order valence-corrected chi connectivity index (χ2v) is 11.9. The van der Waals surface area contributed by atoms with E-state index >= 15 is 0 Å². The van der Waals surface area contributed by atoms with E-state index < -0.39 is 38.9 Å². The molecule has 10 nitrogen and oxygen atoms in total. The molecule has 1 saturated heterocycles. The van der Waals surface area contributed by atoms with Crippen molar-refractivity contribution in [1.29, 1.82) is 0 Å². The first-order valence-electron chi connectivity index (χ1n) is 12.3. The third-order valence-corrected chi connectivity index (χ3v) is 8.81. The molecule has 2 heterocycles. The highest BCUT2D eigenvalue weighted by Crippen LogP contribution is 2.53. The second kappa shape index (κ2) is 9.97. The number of Topliss-reactive ketones (excluding diaryl/α,β-unsaturated/α-hetero) is 1. The van der Waals surface area contributed by atoms with Crippen LogP contribution in [0.5, 0.6) is 0 Å². The zero-order chi connectivity index (χ0) is 28.0. The van der Waals surface area contributed by atoms with Crippen LogP contribution in [-0.4, -0.2) is 93.1 Å². The number of ketones is 1. The van der Waals surface area contributed by atoms with Crippen molar-refractivity contribution >= 4 is 39.1 Å². The third kappa shape index (κ3) is 4.01. The number of para-hydroxylation sites is 1. The van der Waals surface area contributed by atoms with E-state index in [1.165, 1.54) is 48.2 Å². The molecule has 0 aromatic heterocycles. The maximum absolute atomic E-state index is 14.2. The quantitative estimate of drug-likeness (QED) is 0.308. The normalized spacial score (nSPS) is 20.9. The number of likely N-dealkylation sites (N-methyl/N-ethyl adjacent to an activating group) is 1. The number of hydrogen-bond donors (Lipinski definition) is 1. The number of carbonyl (C=O) groups excluding carboxylic acids is 3. The minimum atomic E-state index is -3.85. The highest BCUT2D eigenvalue weighted by atomic mass is 32.2. The first-order valence-corrected chi connectivity index (χ1v) is 13.7. The lowest BCUT2D eigenvalue weighted by Gasteiger charge is -2.34. The number of anilines is 1. The summed E-state index contributed by atoms with van der Waals surface area (Å²) in [6.07, 6.45) is 0.486. The second-order valence-electron chi connectivity index (χ2n) is 9.76. The van der Waals surface area contributed by atoms with Crippen molar-refractivity contribution in [2.45, 2.75) is 23.8 Å². The standard InChI is InChI=1S/C27H32N4O6S/c1-6-30-21-14-8-7-13-20(21)27(26(30)35)22(24(33)25(34)31(27)16-10-15-28(2)3)23(32)18-11-9-12-19(17-18)38(36,37)29(4)5/h7-9,11-14,17,32H,6,10,15-16H2,1-5H3/t27-/m0/s1. The van der Waals surface area contributed by atoms with Crippen LogP contribution in [0.3, 0.4) is 0 Å². The van der Waals surface area contributed by atoms with Gasteiger partial charge in [-0.05, 0) is 52.2 Å². The molecular formula is C27H32N4O6S. The number of fused-ring (bicyclic) bond motifs is 2. The van der Waals surface area contributed by atoms with Crippen molar-refractivity contribution in [2.75, 3.05) is 52.7 Å². The number of likely N-dealkylation sites (tertiary alicyclic amines) is 1. The molecular weight excluding hydrogens is 508 g/mol. The molecule has 2 aromatic rings. The Hall–Kier alpha value is -3.54. The Morgan fingerprint density at radius 1 is 1.00 bits per heavy atom. The summed E-state index contributed by atoms with van der Waals surface area (Å²) in [5, 5.41) is 11.6. The average Bonchev–Trinajstić information content (AvgIpc) is 3.26. The van der Waals surface area contributed by atoms with Gasteiger partial charge in [0.2, 0.25) is 10.0 Å². The number of benzene rings is 2. The minimum absolute atomic E-state index is 0.0128. The average molecular weight is 541 g/mol. The summed E-state index contributed by atoms with van der Waals surface area (Å²) in [4.78, 5) is 45.9. The van der Waals surface area contributed by atoms with Crippen LogP contribution < -0.4 is 4.90 Å². The smallest absolute Gasteiger partial charge is 0.296 e. The van der Waals surface area contributed by atoms with Gasteiger partial charge in [-0.1, -0.05) is 30.3 Å². The van der Waals surface area contributed by atoms with Gasteiger partial charge in [0, 0.05) is 38.3 Å². The van der Waals surface area contributed by atoms with Crippen molar-refractivity contribution in [3.8, 4) is 0 Å². The largest absolute Gasteiger partial charge is 0.507 e. The Morgan fingerprint density at radius 3 is 2.32 bits per heavy atom. The van der Waals surface area contributed by atoms with E-state index in [0.29, 0.717) is 24.2 Å². The zero-order valence-corrected chi connectivity index (χ0v) is 22.9. The fourth-order valence-electron chi connectivity index (χ4n) is 5.18. The van der Waals surface area contributed by atoms with Gasteiger partial charge in [0.05, 0.1) is 16.2 Å². The number of rotatable bonds is 8. The lowest BCUT2D eigenvalue weighted by atomic mass is 9.82. The molecule has 0 bridgehead atoms. The molecule has 4 rings (SSSR count). The van der Waals surface area contributed by atoms with E-state index in [0.717, 1.165) is 4.31 Å². The van der Waals surface area contributed by atoms with Crippen molar-refractivity contribution in [3.05, 3.63) is 65.2 Å². The Balaban J connectivity index is 2.01. The number of aliphatic hydroxyl groups excluding tert-OH is 1. The van der Waals surface area contributed by atoms with Gasteiger partial charge in [-0.3, -0.25) is 14.4 Å². The summed E-state index contributed by atoms with van der Waals surface area (Å²) in [6.45, 7) is 2.79. The molecule has 2 amide bonds. The molecule has 2 aromatic carbocycles. The topological polar surface area (TPSA) is 119 Å². The SMILES string of the molecule is CCN1C(=O)[C@@]2(C(=C(O)c3cccc(S(=O)(=O)N(C)C)c3)C(=O)C(=O)N2CCCN(C)C)c2ccccc21. The maximum atomic E-state index is 14.2. The van der Waals surface area contributed by atoms with E-state index in [-0.39, 0.29) is 29.1 Å². The van der Waals surface area contributed by atoms with Gasteiger partial charge < -0.3 is 19.8 Å². The van der Waals surface area contributed by atoms with Crippen LogP contribution in [0.4, 0.5) is 5.69 Å². The maximum Gasteiger partial charge on any atom is 0.296 e. The number of hydrogen-bond acceptors (Lipinski definition) is 7. The Kier molecular flexibility index (Phi) is 7.21. The molecule has 202 valence electrons. The van der Waals surface area contributed by atoms with Gasteiger partial charge in [-0.15, -0.1) is 0 Å². The Morgan fingerprint density at radius 2 is 1.68 bits per heavy atom. The number of sulfonamides is 1. The van der Waals surface area contributed by atoms with Crippen LogP contribution >= 0.6 is 0 Å². The fourth-order valence-corrected chi connectivity index (χ4v) is 6.13. The van der Waals surface area contributed by atoms with Crippen LogP contribution in [-0.2, 0) is 29.9 Å². The molecule has 2 aliphatic heterocycles. The Bertz CT molecular complexity index is 1450. The minimum Gasteiger partial charge on any atom is -0.507 e. The lowest BCUT2D eigenvalue weighted by Crippen LogP contribution is -2.52.